The van der Waals surface area contributed by atoms with Crippen LogP contribution in [-0.4, -0.2) is 22.0 Å². The molecular formula is C23H22N2O3S. The number of para-hydroxylation sites is 1. The van der Waals surface area contributed by atoms with Crippen molar-refractivity contribution >= 4 is 51.3 Å². The van der Waals surface area contributed by atoms with Gasteiger partial charge < -0.3 is 10.4 Å². The lowest BCUT2D eigenvalue weighted by Crippen LogP contribution is -2.36. The van der Waals surface area contributed by atoms with E-state index in [9.17, 15) is 14.7 Å². The quantitative estimate of drug-likeness (QED) is 0.603. The summed E-state index contributed by atoms with van der Waals surface area (Å²) >= 11 is 1.63. The first-order chi connectivity index (χ1) is 14.1. The first-order valence-corrected chi connectivity index (χ1v) is 10.6. The number of aromatic nitrogens is 1. The summed E-state index contributed by atoms with van der Waals surface area (Å²) in [6, 6.07) is 15.6. The van der Waals surface area contributed by atoms with Gasteiger partial charge in [-0.15, -0.1) is 11.3 Å². The Hall–Kier alpha value is -2.99. The maximum Gasteiger partial charge on any atom is 0.307 e. The predicted octanol–water partition coefficient (Wildman–Crippen LogP) is 5.30. The number of carbonyl (C=O) groups excluding carboxylic acids is 1. The molecule has 1 heterocycles. The zero-order valence-corrected chi connectivity index (χ0v) is 16.7. The van der Waals surface area contributed by atoms with Crippen molar-refractivity contribution in [2.45, 2.75) is 25.7 Å². The van der Waals surface area contributed by atoms with Crippen LogP contribution >= 0.6 is 11.3 Å². The molecule has 0 saturated heterocycles. The summed E-state index contributed by atoms with van der Waals surface area (Å²) in [5.41, 5.74) is 2.61. The molecule has 4 rings (SSSR count). The van der Waals surface area contributed by atoms with Crippen LogP contribution in [0.3, 0.4) is 0 Å². The van der Waals surface area contributed by atoms with Crippen LogP contribution in [0.2, 0.25) is 0 Å². The van der Waals surface area contributed by atoms with Crippen LogP contribution < -0.4 is 5.32 Å². The summed E-state index contributed by atoms with van der Waals surface area (Å²) < 4.78 is 1.15. The Balaban J connectivity index is 1.46. The van der Waals surface area contributed by atoms with E-state index < -0.39 is 17.8 Å². The lowest BCUT2D eigenvalue weighted by molar-refractivity contribution is -0.147. The Morgan fingerprint density at radius 3 is 2.62 bits per heavy atom. The van der Waals surface area contributed by atoms with E-state index in [1.165, 1.54) is 0 Å². The summed E-state index contributed by atoms with van der Waals surface area (Å²) in [5, 5.41) is 13.2. The van der Waals surface area contributed by atoms with E-state index in [2.05, 4.69) is 16.4 Å². The highest BCUT2D eigenvalue weighted by Gasteiger charge is 2.35. The van der Waals surface area contributed by atoms with Crippen molar-refractivity contribution in [3.63, 3.8) is 0 Å². The number of hydrogen-bond donors (Lipinski definition) is 2. The third kappa shape index (κ3) is 4.54. The minimum atomic E-state index is -0.877. The van der Waals surface area contributed by atoms with E-state index in [1.807, 2.05) is 54.6 Å². The molecule has 6 heteroatoms. The number of carbonyl (C=O) groups is 2. The summed E-state index contributed by atoms with van der Waals surface area (Å²) in [6.45, 7) is 0. The summed E-state index contributed by atoms with van der Waals surface area (Å²) in [5.74, 6) is -2.14. The summed E-state index contributed by atoms with van der Waals surface area (Å²) in [4.78, 5) is 28.7. The molecule has 1 fully saturated rings. The molecule has 0 aliphatic heterocycles. The van der Waals surface area contributed by atoms with Crippen molar-refractivity contribution in [2.24, 2.45) is 11.8 Å². The molecule has 3 aromatic rings. The third-order valence-electron chi connectivity index (χ3n) is 5.30. The van der Waals surface area contributed by atoms with Gasteiger partial charge in [0, 0.05) is 5.69 Å². The number of aliphatic carboxylic acids is 1. The largest absolute Gasteiger partial charge is 0.481 e. The van der Waals surface area contributed by atoms with Crippen molar-refractivity contribution in [1.29, 1.82) is 0 Å². The number of thiazole rings is 1. The van der Waals surface area contributed by atoms with Crippen molar-refractivity contribution in [1.82, 2.24) is 4.98 Å². The Morgan fingerprint density at radius 2 is 1.83 bits per heavy atom. The molecular weight excluding hydrogens is 384 g/mol. The standard InChI is InChI=1S/C23H22N2O3S/c26-22(17-8-1-2-9-18(17)23(27)28)24-16-7-5-6-15(14-16)12-13-21-25-19-10-3-4-11-20(19)29-21/h3-7,10-14,17-18H,1-2,8-9H2,(H,24,26)(H,27,28)/b13-12+/t17-,18+/m1/s1. The molecule has 2 atom stereocenters. The summed E-state index contributed by atoms with van der Waals surface area (Å²) in [7, 11) is 0. The van der Waals surface area contributed by atoms with Gasteiger partial charge in [0.2, 0.25) is 5.91 Å². The topological polar surface area (TPSA) is 79.3 Å². The van der Waals surface area contributed by atoms with Crippen LogP contribution in [0.15, 0.2) is 48.5 Å². The highest BCUT2D eigenvalue weighted by atomic mass is 32.1. The van der Waals surface area contributed by atoms with E-state index in [-0.39, 0.29) is 5.91 Å². The fourth-order valence-electron chi connectivity index (χ4n) is 3.82. The maximum atomic E-state index is 12.7. The van der Waals surface area contributed by atoms with Crippen molar-refractivity contribution in [2.75, 3.05) is 5.32 Å². The van der Waals surface area contributed by atoms with Gasteiger partial charge in [-0.1, -0.05) is 43.2 Å². The highest BCUT2D eigenvalue weighted by molar-refractivity contribution is 7.19. The maximum absolute atomic E-state index is 12.7. The van der Waals surface area contributed by atoms with E-state index in [1.54, 1.807) is 11.3 Å². The Labute approximate surface area is 173 Å². The smallest absolute Gasteiger partial charge is 0.307 e. The fraction of sp³-hybridized carbons (Fsp3) is 0.261. The number of benzene rings is 2. The van der Waals surface area contributed by atoms with Gasteiger partial charge in [0.15, 0.2) is 0 Å². The van der Waals surface area contributed by atoms with Gasteiger partial charge >= 0.3 is 5.97 Å². The lowest BCUT2D eigenvalue weighted by atomic mass is 9.78. The SMILES string of the molecule is O=C(O)[C@H]1CCCC[C@H]1C(=O)Nc1cccc(/C=C/c2nc3ccccc3s2)c1. The van der Waals surface area contributed by atoms with Crippen LogP contribution in [-0.2, 0) is 9.59 Å². The lowest BCUT2D eigenvalue weighted by Gasteiger charge is -2.27. The predicted molar refractivity (Wildman–Crippen MR) is 117 cm³/mol. The number of fused-ring (bicyclic) bond motifs is 1. The number of anilines is 1. The minimum absolute atomic E-state index is 0.204. The van der Waals surface area contributed by atoms with E-state index >= 15 is 0 Å². The number of rotatable bonds is 5. The van der Waals surface area contributed by atoms with E-state index in [4.69, 9.17) is 0 Å². The van der Waals surface area contributed by atoms with Crippen LogP contribution in [0, 0.1) is 11.8 Å². The molecule has 1 saturated carbocycles. The van der Waals surface area contributed by atoms with Gasteiger partial charge in [-0.2, -0.15) is 0 Å². The molecule has 0 bridgehead atoms. The first kappa shape index (κ1) is 19.3. The molecule has 1 amide bonds. The molecule has 1 aromatic heterocycles. The Morgan fingerprint density at radius 1 is 1.03 bits per heavy atom. The van der Waals surface area contributed by atoms with Gasteiger partial charge in [0.25, 0.3) is 0 Å². The van der Waals surface area contributed by atoms with Gasteiger partial charge in [0.1, 0.15) is 5.01 Å². The van der Waals surface area contributed by atoms with Crippen molar-refractivity contribution in [3.8, 4) is 0 Å². The van der Waals surface area contributed by atoms with E-state index in [0.29, 0.717) is 18.5 Å². The van der Waals surface area contributed by atoms with Crippen molar-refractivity contribution < 1.29 is 14.7 Å². The van der Waals surface area contributed by atoms with Crippen LogP contribution in [0.1, 0.15) is 36.3 Å². The normalized spacial score (nSPS) is 19.4. The number of hydrogen-bond acceptors (Lipinski definition) is 4. The Kier molecular flexibility index (Phi) is 5.71. The molecule has 2 N–H and O–H groups in total. The molecule has 2 aromatic carbocycles. The van der Waals surface area contributed by atoms with E-state index in [0.717, 1.165) is 33.6 Å². The third-order valence-corrected chi connectivity index (χ3v) is 6.30. The molecule has 0 spiro atoms. The second-order valence-electron chi connectivity index (χ2n) is 7.30. The zero-order chi connectivity index (χ0) is 20.2. The average molecular weight is 407 g/mol. The van der Waals surface area contributed by atoms with Gasteiger partial charge in [-0.25, -0.2) is 4.98 Å². The fourth-order valence-corrected chi connectivity index (χ4v) is 4.69. The molecule has 148 valence electrons. The Bertz CT molecular complexity index is 1040. The monoisotopic (exact) mass is 406 g/mol. The molecule has 5 nitrogen and oxygen atoms in total. The minimum Gasteiger partial charge on any atom is -0.481 e. The van der Waals surface area contributed by atoms with Crippen LogP contribution in [0.4, 0.5) is 5.69 Å². The highest BCUT2D eigenvalue weighted by Crippen LogP contribution is 2.31. The molecule has 29 heavy (non-hydrogen) atoms. The molecule has 1 aliphatic rings. The zero-order valence-electron chi connectivity index (χ0n) is 15.9. The van der Waals surface area contributed by atoms with Gasteiger partial charge in [0.05, 0.1) is 22.1 Å². The second kappa shape index (κ2) is 8.57. The number of nitrogens with zero attached hydrogens (tertiary/aromatic N) is 1. The molecule has 0 radical (unpaired) electrons. The molecule has 0 unspecified atom stereocenters. The second-order valence-corrected chi connectivity index (χ2v) is 8.37. The van der Waals surface area contributed by atoms with Gasteiger partial charge in [-0.05, 0) is 48.7 Å². The number of carboxylic acids is 1. The molecule has 1 aliphatic carbocycles. The first-order valence-electron chi connectivity index (χ1n) is 9.77. The summed E-state index contributed by atoms with van der Waals surface area (Å²) in [6.07, 6.45) is 6.89. The average Bonchev–Trinajstić information content (AvgIpc) is 3.15. The van der Waals surface area contributed by atoms with Crippen LogP contribution in [0.25, 0.3) is 22.4 Å². The number of amides is 1. The van der Waals surface area contributed by atoms with Gasteiger partial charge in [-0.3, -0.25) is 9.59 Å². The number of carboxylic acid groups (broad SMARTS) is 1. The van der Waals surface area contributed by atoms with Crippen molar-refractivity contribution in [3.05, 3.63) is 59.1 Å². The number of nitrogens with one attached hydrogen (secondary N) is 1. The van der Waals surface area contributed by atoms with Crippen LogP contribution in [0.5, 0.6) is 0 Å².